The Bertz CT molecular complexity index is 1310. The zero-order chi connectivity index (χ0) is 26.3. The molecule has 0 heterocycles. The van der Waals surface area contributed by atoms with Gasteiger partial charge in [0, 0.05) is 18.5 Å². The second kappa shape index (κ2) is 12.0. The number of halogens is 1. The first-order chi connectivity index (χ1) is 17.2. The number of nitrogens with one attached hydrogen (secondary N) is 1. The van der Waals surface area contributed by atoms with Crippen molar-refractivity contribution in [1.82, 2.24) is 10.2 Å². The molecule has 3 aromatic carbocycles. The molecule has 0 aliphatic rings. The Morgan fingerprint density at radius 3 is 2.28 bits per heavy atom. The fourth-order valence-electron chi connectivity index (χ4n) is 4.09. The average molecular weight is 514 g/mol. The van der Waals surface area contributed by atoms with Crippen molar-refractivity contribution in [2.75, 3.05) is 23.7 Å². The molecule has 0 spiro atoms. The third-order valence-corrected chi connectivity index (χ3v) is 7.04. The summed E-state index contributed by atoms with van der Waals surface area (Å²) in [6, 6.07) is 17.4. The summed E-state index contributed by atoms with van der Waals surface area (Å²) in [4.78, 5) is 28.1. The fraction of sp³-hybridized carbons (Fsp3) is 0.333. The van der Waals surface area contributed by atoms with Gasteiger partial charge in [-0.05, 0) is 42.0 Å². The van der Waals surface area contributed by atoms with Crippen LogP contribution < -0.4 is 9.62 Å². The molecule has 0 fully saturated rings. The van der Waals surface area contributed by atoms with Gasteiger partial charge >= 0.3 is 0 Å². The summed E-state index contributed by atoms with van der Waals surface area (Å²) in [6.07, 6.45) is 2.12. The predicted molar refractivity (Wildman–Crippen MR) is 140 cm³/mol. The van der Waals surface area contributed by atoms with Crippen molar-refractivity contribution in [2.45, 2.75) is 39.3 Å². The number of hydrogen-bond acceptors (Lipinski definition) is 4. The van der Waals surface area contributed by atoms with Gasteiger partial charge in [-0.1, -0.05) is 62.4 Å². The maximum absolute atomic E-state index is 13.7. The topological polar surface area (TPSA) is 86.8 Å². The van der Waals surface area contributed by atoms with E-state index in [0.29, 0.717) is 29.6 Å². The van der Waals surface area contributed by atoms with Crippen LogP contribution in [0.5, 0.6) is 0 Å². The largest absolute Gasteiger partial charge is 0.354 e. The minimum Gasteiger partial charge on any atom is -0.354 e. The number of anilines is 1. The summed E-state index contributed by atoms with van der Waals surface area (Å²) >= 11 is 0. The lowest BCUT2D eigenvalue weighted by atomic mass is 10.1. The third-order valence-electron chi connectivity index (χ3n) is 5.92. The van der Waals surface area contributed by atoms with E-state index in [2.05, 4.69) is 5.32 Å². The standard InChI is InChI=1S/C27H32FN3O4S/c1-4-17-29-27(33)24(5-2)30(18-20-13-15-22(28)16-14-20)26(32)19-31(36(3,34)35)25-12-8-10-21-9-6-7-11-23(21)25/h6-16,24H,4-5,17-19H2,1-3H3,(H,29,33)/t24-/m1/s1. The van der Waals surface area contributed by atoms with Crippen LogP contribution in [-0.2, 0) is 26.2 Å². The molecule has 0 saturated heterocycles. The first-order valence-electron chi connectivity index (χ1n) is 11.9. The summed E-state index contributed by atoms with van der Waals surface area (Å²) in [6.45, 7) is 3.73. The van der Waals surface area contributed by atoms with Gasteiger partial charge in [0.1, 0.15) is 18.4 Å². The zero-order valence-corrected chi connectivity index (χ0v) is 21.6. The molecule has 7 nitrogen and oxygen atoms in total. The number of carbonyl (C=O) groups excluding carboxylic acids is 2. The molecule has 1 N–H and O–H groups in total. The van der Waals surface area contributed by atoms with Gasteiger partial charge in [0.25, 0.3) is 0 Å². The van der Waals surface area contributed by atoms with Crippen molar-refractivity contribution < 1.29 is 22.4 Å². The number of carbonyl (C=O) groups is 2. The van der Waals surface area contributed by atoms with Crippen molar-refractivity contribution in [2.24, 2.45) is 0 Å². The number of sulfonamides is 1. The first kappa shape index (κ1) is 27.1. The van der Waals surface area contributed by atoms with E-state index in [1.54, 1.807) is 43.3 Å². The molecular weight excluding hydrogens is 481 g/mol. The van der Waals surface area contributed by atoms with Crippen LogP contribution in [0, 0.1) is 5.82 Å². The highest BCUT2D eigenvalue weighted by atomic mass is 32.2. The molecular formula is C27H32FN3O4S. The quantitative estimate of drug-likeness (QED) is 0.419. The molecule has 0 radical (unpaired) electrons. The second-order valence-corrected chi connectivity index (χ2v) is 10.5. The minimum atomic E-state index is -3.85. The van der Waals surface area contributed by atoms with Crippen molar-refractivity contribution in [3.05, 3.63) is 78.1 Å². The Labute approximate surface area is 212 Å². The number of amides is 2. The number of nitrogens with zero attached hydrogens (tertiary/aromatic N) is 2. The average Bonchev–Trinajstić information content (AvgIpc) is 2.86. The molecule has 3 rings (SSSR count). The highest BCUT2D eigenvalue weighted by Crippen LogP contribution is 2.28. The molecule has 0 aliphatic heterocycles. The zero-order valence-electron chi connectivity index (χ0n) is 20.8. The van der Waals surface area contributed by atoms with E-state index in [-0.39, 0.29) is 12.5 Å². The molecule has 2 amide bonds. The van der Waals surface area contributed by atoms with Crippen LogP contribution in [0.25, 0.3) is 10.8 Å². The molecule has 3 aromatic rings. The Kier molecular flexibility index (Phi) is 9.03. The highest BCUT2D eigenvalue weighted by Gasteiger charge is 2.32. The van der Waals surface area contributed by atoms with Gasteiger partial charge in [0.2, 0.25) is 21.8 Å². The fourth-order valence-corrected chi connectivity index (χ4v) is 4.95. The van der Waals surface area contributed by atoms with Crippen LogP contribution in [-0.4, -0.2) is 50.5 Å². The van der Waals surface area contributed by atoms with Gasteiger partial charge in [0.05, 0.1) is 11.9 Å². The Balaban J connectivity index is 2.00. The SMILES string of the molecule is CCCNC(=O)[C@@H](CC)N(Cc1ccc(F)cc1)C(=O)CN(c1cccc2ccccc12)S(C)(=O)=O. The molecule has 1 atom stereocenters. The molecule has 0 unspecified atom stereocenters. The predicted octanol–water partition coefficient (Wildman–Crippen LogP) is 4.08. The van der Waals surface area contributed by atoms with E-state index < -0.39 is 34.3 Å². The van der Waals surface area contributed by atoms with E-state index >= 15 is 0 Å². The molecule has 0 aliphatic carbocycles. The van der Waals surface area contributed by atoms with E-state index in [1.807, 2.05) is 25.1 Å². The molecule has 0 aromatic heterocycles. The number of hydrogen-bond donors (Lipinski definition) is 1. The molecule has 36 heavy (non-hydrogen) atoms. The summed E-state index contributed by atoms with van der Waals surface area (Å²) in [5.74, 6) is -1.26. The Hall–Kier alpha value is -3.46. The van der Waals surface area contributed by atoms with Crippen molar-refractivity contribution in [3.8, 4) is 0 Å². The van der Waals surface area contributed by atoms with E-state index in [4.69, 9.17) is 0 Å². The first-order valence-corrected chi connectivity index (χ1v) is 13.8. The lowest BCUT2D eigenvalue weighted by Crippen LogP contribution is -2.52. The Morgan fingerprint density at radius 2 is 1.64 bits per heavy atom. The van der Waals surface area contributed by atoms with E-state index in [9.17, 15) is 22.4 Å². The van der Waals surface area contributed by atoms with Gasteiger partial charge in [-0.15, -0.1) is 0 Å². The van der Waals surface area contributed by atoms with Gasteiger partial charge in [-0.25, -0.2) is 12.8 Å². The van der Waals surface area contributed by atoms with Crippen LogP contribution in [0.2, 0.25) is 0 Å². The third kappa shape index (κ3) is 6.60. The summed E-state index contributed by atoms with van der Waals surface area (Å²) in [5.41, 5.74) is 1.01. The maximum Gasteiger partial charge on any atom is 0.244 e. The van der Waals surface area contributed by atoms with Crippen LogP contribution in [0.3, 0.4) is 0 Å². The number of rotatable bonds is 11. The summed E-state index contributed by atoms with van der Waals surface area (Å²) < 4.78 is 40.3. The van der Waals surface area contributed by atoms with Gasteiger partial charge in [0.15, 0.2) is 0 Å². The van der Waals surface area contributed by atoms with Gasteiger partial charge < -0.3 is 10.2 Å². The normalized spacial score (nSPS) is 12.2. The Morgan fingerprint density at radius 1 is 0.972 bits per heavy atom. The number of benzene rings is 3. The smallest absolute Gasteiger partial charge is 0.244 e. The van der Waals surface area contributed by atoms with Crippen LogP contribution >= 0.6 is 0 Å². The summed E-state index contributed by atoms with van der Waals surface area (Å²) in [7, 11) is -3.85. The van der Waals surface area contributed by atoms with E-state index in [1.165, 1.54) is 17.0 Å². The highest BCUT2D eigenvalue weighted by molar-refractivity contribution is 7.92. The van der Waals surface area contributed by atoms with Crippen LogP contribution in [0.4, 0.5) is 10.1 Å². The van der Waals surface area contributed by atoms with Crippen molar-refractivity contribution in [1.29, 1.82) is 0 Å². The molecule has 192 valence electrons. The van der Waals surface area contributed by atoms with Gasteiger partial charge in [-0.3, -0.25) is 13.9 Å². The van der Waals surface area contributed by atoms with E-state index in [0.717, 1.165) is 22.4 Å². The molecule has 0 bridgehead atoms. The maximum atomic E-state index is 13.7. The molecule has 0 saturated carbocycles. The monoisotopic (exact) mass is 513 g/mol. The number of fused-ring (bicyclic) bond motifs is 1. The molecule has 9 heteroatoms. The van der Waals surface area contributed by atoms with Crippen molar-refractivity contribution in [3.63, 3.8) is 0 Å². The lowest BCUT2D eigenvalue weighted by Gasteiger charge is -2.33. The van der Waals surface area contributed by atoms with Crippen LogP contribution in [0.15, 0.2) is 66.7 Å². The second-order valence-electron chi connectivity index (χ2n) is 8.63. The summed E-state index contributed by atoms with van der Waals surface area (Å²) in [5, 5.41) is 4.36. The van der Waals surface area contributed by atoms with Crippen LogP contribution in [0.1, 0.15) is 32.3 Å². The lowest BCUT2D eigenvalue weighted by molar-refractivity contribution is -0.140. The van der Waals surface area contributed by atoms with Crippen molar-refractivity contribution >= 4 is 38.3 Å². The minimum absolute atomic E-state index is 0.0320. The van der Waals surface area contributed by atoms with Gasteiger partial charge in [-0.2, -0.15) is 0 Å².